The van der Waals surface area contributed by atoms with E-state index in [2.05, 4.69) is 21.6 Å². The van der Waals surface area contributed by atoms with E-state index in [4.69, 9.17) is 10.00 Å². The largest absolute Gasteiger partial charge is 0.496 e. The van der Waals surface area contributed by atoms with Crippen LogP contribution in [0.1, 0.15) is 21.5 Å². The predicted molar refractivity (Wildman–Crippen MR) is 92.9 cm³/mol. The zero-order chi connectivity index (χ0) is 17.6. The van der Waals surface area contributed by atoms with Gasteiger partial charge in [-0.2, -0.15) is 10.4 Å². The second-order valence-corrected chi connectivity index (χ2v) is 5.40. The van der Waals surface area contributed by atoms with Gasteiger partial charge in [0.05, 0.1) is 24.9 Å². The summed E-state index contributed by atoms with van der Waals surface area (Å²) in [5.41, 5.74) is 3.68. The van der Waals surface area contributed by atoms with E-state index in [1.807, 2.05) is 12.1 Å². The van der Waals surface area contributed by atoms with Crippen LogP contribution in [0.3, 0.4) is 0 Å². The summed E-state index contributed by atoms with van der Waals surface area (Å²) < 4.78 is 5.40. The van der Waals surface area contributed by atoms with E-state index >= 15 is 0 Å². The van der Waals surface area contributed by atoms with Crippen molar-refractivity contribution in [1.29, 1.82) is 5.26 Å². The number of benzene rings is 2. The first-order chi connectivity index (χ1) is 12.2. The summed E-state index contributed by atoms with van der Waals surface area (Å²) in [5.74, 6) is 0.389. The maximum atomic E-state index is 12.4. The van der Waals surface area contributed by atoms with Crippen LogP contribution in [0.25, 0.3) is 11.1 Å². The topological polar surface area (TPSA) is 90.8 Å². The summed E-state index contributed by atoms with van der Waals surface area (Å²) >= 11 is 0. The molecule has 0 aliphatic rings. The number of methoxy groups -OCH3 is 1. The second-order valence-electron chi connectivity index (χ2n) is 5.40. The van der Waals surface area contributed by atoms with Crippen LogP contribution in [-0.4, -0.2) is 23.2 Å². The fraction of sp³-hybridized carbons (Fsp3) is 0.105. The number of amides is 1. The molecule has 1 amide bonds. The van der Waals surface area contributed by atoms with Gasteiger partial charge in [0, 0.05) is 29.4 Å². The monoisotopic (exact) mass is 332 g/mol. The SMILES string of the molecule is COc1cc(C(=O)NCc2cccc(C#N)c2)ccc1-c1cn[nH]c1. The highest BCUT2D eigenvalue weighted by molar-refractivity contribution is 5.95. The van der Waals surface area contributed by atoms with Crippen LogP contribution in [0.5, 0.6) is 5.75 Å². The van der Waals surface area contributed by atoms with Gasteiger partial charge in [-0.1, -0.05) is 12.1 Å². The van der Waals surface area contributed by atoms with Crippen molar-refractivity contribution in [3.8, 4) is 22.9 Å². The summed E-state index contributed by atoms with van der Waals surface area (Å²) in [5, 5.41) is 18.5. The fourth-order valence-corrected chi connectivity index (χ4v) is 2.50. The Morgan fingerprint density at radius 3 is 2.92 bits per heavy atom. The maximum Gasteiger partial charge on any atom is 0.251 e. The highest BCUT2D eigenvalue weighted by Gasteiger charge is 2.12. The smallest absolute Gasteiger partial charge is 0.251 e. The molecule has 0 aliphatic heterocycles. The van der Waals surface area contributed by atoms with Crippen molar-refractivity contribution in [2.75, 3.05) is 7.11 Å². The second kappa shape index (κ2) is 7.32. The number of hydrogen-bond acceptors (Lipinski definition) is 4. The number of nitrogens with one attached hydrogen (secondary N) is 2. The van der Waals surface area contributed by atoms with Crippen LogP contribution in [0, 0.1) is 11.3 Å². The number of aromatic amines is 1. The minimum absolute atomic E-state index is 0.209. The van der Waals surface area contributed by atoms with Crippen LogP contribution in [0.15, 0.2) is 54.9 Å². The molecule has 0 spiro atoms. The number of rotatable bonds is 5. The number of carbonyl (C=O) groups excluding carboxylic acids is 1. The molecule has 124 valence electrons. The van der Waals surface area contributed by atoms with Crippen molar-refractivity contribution in [2.24, 2.45) is 0 Å². The zero-order valence-electron chi connectivity index (χ0n) is 13.6. The number of hydrogen-bond donors (Lipinski definition) is 2. The molecule has 2 N–H and O–H groups in total. The summed E-state index contributed by atoms with van der Waals surface area (Å²) in [7, 11) is 1.56. The third kappa shape index (κ3) is 3.67. The number of nitrogens with zero attached hydrogens (tertiary/aromatic N) is 2. The fourth-order valence-electron chi connectivity index (χ4n) is 2.50. The van der Waals surface area contributed by atoms with Gasteiger partial charge in [0.1, 0.15) is 5.75 Å². The first kappa shape index (κ1) is 16.3. The van der Waals surface area contributed by atoms with Crippen molar-refractivity contribution in [3.63, 3.8) is 0 Å². The van der Waals surface area contributed by atoms with Gasteiger partial charge in [-0.05, 0) is 35.9 Å². The molecule has 0 saturated carbocycles. The average Bonchev–Trinajstić information content (AvgIpc) is 3.20. The minimum Gasteiger partial charge on any atom is -0.496 e. The number of nitriles is 1. The van der Waals surface area contributed by atoms with E-state index < -0.39 is 0 Å². The van der Waals surface area contributed by atoms with E-state index in [1.165, 1.54) is 0 Å². The van der Waals surface area contributed by atoms with Crippen molar-refractivity contribution >= 4 is 5.91 Å². The van der Waals surface area contributed by atoms with Crippen LogP contribution >= 0.6 is 0 Å². The number of carbonyl (C=O) groups is 1. The molecule has 0 fully saturated rings. The van der Waals surface area contributed by atoms with E-state index in [-0.39, 0.29) is 5.91 Å². The lowest BCUT2D eigenvalue weighted by Crippen LogP contribution is -2.22. The molecule has 0 bridgehead atoms. The highest BCUT2D eigenvalue weighted by atomic mass is 16.5. The first-order valence-corrected chi connectivity index (χ1v) is 7.65. The molecule has 6 heteroatoms. The lowest BCUT2D eigenvalue weighted by Gasteiger charge is -2.10. The molecule has 25 heavy (non-hydrogen) atoms. The van der Waals surface area contributed by atoms with Crippen molar-refractivity contribution in [2.45, 2.75) is 6.54 Å². The molecule has 3 rings (SSSR count). The Bertz CT molecular complexity index is 927. The van der Waals surface area contributed by atoms with Gasteiger partial charge in [0.25, 0.3) is 5.91 Å². The predicted octanol–water partition coefficient (Wildman–Crippen LogP) is 2.89. The van der Waals surface area contributed by atoms with E-state index in [0.29, 0.717) is 23.4 Å². The number of H-pyrrole nitrogens is 1. The normalized spacial score (nSPS) is 10.1. The Morgan fingerprint density at radius 1 is 1.32 bits per heavy atom. The molecule has 1 aromatic heterocycles. The Kier molecular flexibility index (Phi) is 4.77. The van der Waals surface area contributed by atoms with E-state index in [0.717, 1.165) is 16.7 Å². The number of aromatic nitrogens is 2. The minimum atomic E-state index is -0.209. The van der Waals surface area contributed by atoms with Crippen molar-refractivity contribution in [3.05, 3.63) is 71.5 Å². The molecule has 6 nitrogen and oxygen atoms in total. The standard InChI is InChI=1S/C19H16N4O2/c1-25-18-8-15(5-6-17(18)16-11-22-23-12-16)19(24)21-10-14-4-2-3-13(7-14)9-20/h2-8,11-12H,10H2,1H3,(H,21,24)(H,22,23). The van der Waals surface area contributed by atoms with E-state index in [9.17, 15) is 4.79 Å². The average molecular weight is 332 g/mol. The summed E-state index contributed by atoms with van der Waals surface area (Å²) in [6.45, 7) is 0.347. The Hall–Kier alpha value is -3.59. The van der Waals surface area contributed by atoms with Crippen molar-refractivity contribution in [1.82, 2.24) is 15.5 Å². The zero-order valence-corrected chi connectivity index (χ0v) is 13.6. The molecule has 1 heterocycles. The first-order valence-electron chi connectivity index (χ1n) is 7.65. The molecule has 3 aromatic rings. The summed E-state index contributed by atoms with van der Waals surface area (Å²) in [6.07, 6.45) is 3.46. The van der Waals surface area contributed by atoms with Gasteiger partial charge in [-0.25, -0.2) is 0 Å². The van der Waals surface area contributed by atoms with Gasteiger partial charge in [-0.15, -0.1) is 0 Å². The molecule has 0 atom stereocenters. The Labute approximate surface area is 145 Å². The van der Waals surface area contributed by atoms with E-state index in [1.54, 1.807) is 49.8 Å². The highest BCUT2D eigenvalue weighted by Crippen LogP contribution is 2.30. The van der Waals surface area contributed by atoms with Gasteiger partial charge < -0.3 is 10.1 Å². The van der Waals surface area contributed by atoms with Crippen molar-refractivity contribution < 1.29 is 9.53 Å². The third-order valence-electron chi connectivity index (χ3n) is 3.78. The van der Waals surface area contributed by atoms with Crippen LogP contribution in [0.2, 0.25) is 0 Å². The van der Waals surface area contributed by atoms with Gasteiger partial charge >= 0.3 is 0 Å². The Morgan fingerprint density at radius 2 is 2.20 bits per heavy atom. The molecular formula is C19H16N4O2. The van der Waals surface area contributed by atoms with Crippen LogP contribution in [0.4, 0.5) is 0 Å². The quantitative estimate of drug-likeness (QED) is 0.751. The lowest BCUT2D eigenvalue weighted by molar-refractivity contribution is 0.0950. The molecule has 2 aromatic carbocycles. The van der Waals surface area contributed by atoms with Gasteiger partial charge in [-0.3, -0.25) is 9.89 Å². The van der Waals surface area contributed by atoms with Gasteiger partial charge in [0.2, 0.25) is 0 Å². The number of ether oxygens (including phenoxy) is 1. The lowest BCUT2D eigenvalue weighted by atomic mass is 10.0. The maximum absolute atomic E-state index is 12.4. The molecule has 0 aliphatic carbocycles. The molecule has 0 saturated heterocycles. The molecule has 0 unspecified atom stereocenters. The molecular weight excluding hydrogens is 316 g/mol. The summed E-state index contributed by atoms with van der Waals surface area (Å²) in [4.78, 5) is 12.4. The Balaban J connectivity index is 1.75. The summed E-state index contributed by atoms with van der Waals surface area (Å²) in [6, 6.07) is 14.5. The third-order valence-corrected chi connectivity index (χ3v) is 3.78. The van der Waals surface area contributed by atoms with Crippen LogP contribution < -0.4 is 10.1 Å². The van der Waals surface area contributed by atoms with Gasteiger partial charge in [0.15, 0.2) is 0 Å². The molecule has 0 radical (unpaired) electrons. The van der Waals surface area contributed by atoms with Crippen LogP contribution in [-0.2, 0) is 6.54 Å².